The van der Waals surface area contributed by atoms with E-state index in [1.807, 2.05) is 0 Å². The fraction of sp³-hybridized carbons (Fsp3) is 1.00. The van der Waals surface area contributed by atoms with Crippen LogP contribution in [-0.2, 0) is 4.74 Å². The molecule has 0 aromatic carbocycles. The Bertz CT molecular complexity index is 207. The third-order valence-corrected chi connectivity index (χ3v) is 4.92. The van der Waals surface area contributed by atoms with Gasteiger partial charge in [0.1, 0.15) is 0 Å². The summed E-state index contributed by atoms with van der Waals surface area (Å²) in [6.07, 6.45) is 15.9. The van der Waals surface area contributed by atoms with Crippen LogP contribution in [0, 0.1) is 5.92 Å². The molecule has 0 bridgehead atoms. The van der Waals surface area contributed by atoms with Crippen LogP contribution in [0.2, 0.25) is 0 Å². The molecule has 2 aliphatic rings. The maximum Gasteiger partial charge on any atom is 0.0576 e. The summed E-state index contributed by atoms with van der Waals surface area (Å²) in [7, 11) is 2.13. The second-order valence-electron chi connectivity index (χ2n) is 6.28. The standard InChI is InChI=1S/C16H31NO/c1-17-15(11-12-16-8-5-13-18-16)10-9-14-6-3-2-4-7-14/h14-17H,2-13H2,1H3. The lowest BCUT2D eigenvalue weighted by Crippen LogP contribution is -2.27. The van der Waals surface area contributed by atoms with Gasteiger partial charge in [0.15, 0.2) is 0 Å². The zero-order valence-electron chi connectivity index (χ0n) is 12.1. The Hall–Kier alpha value is -0.0800. The van der Waals surface area contributed by atoms with Gasteiger partial charge in [-0.25, -0.2) is 0 Å². The Morgan fingerprint density at radius 2 is 1.78 bits per heavy atom. The van der Waals surface area contributed by atoms with Gasteiger partial charge in [0.2, 0.25) is 0 Å². The van der Waals surface area contributed by atoms with Gasteiger partial charge in [-0.2, -0.15) is 0 Å². The summed E-state index contributed by atoms with van der Waals surface area (Å²) in [5.74, 6) is 1.03. The lowest BCUT2D eigenvalue weighted by molar-refractivity contribution is 0.0992. The third kappa shape index (κ3) is 4.89. The average molecular weight is 253 g/mol. The summed E-state index contributed by atoms with van der Waals surface area (Å²) in [6, 6.07) is 0.719. The Balaban J connectivity index is 1.58. The molecule has 2 heteroatoms. The molecule has 2 nitrogen and oxygen atoms in total. The molecule has 2 atom stereocenters. The summed E-state index contributed by atoms with van der Waals surface area (Å²) >= 11 is 0. The normalized spacial score (nSPS) is 27.5. The monoisotopic (exact) mass is 253 g/mol. The highest BCUT2D eigenvalue weighted by Crippen LogP contribution is 2.28. The van der Waals surface area contributed by atoms with Gasteiger partial charge in [0.25, 0.3) is 0 Å². The third-order valence-electron chi connectivity index (χ3n) is 4.92. The molecule has 1 saturated heterocycles. The Morgan fingerprint density at radius 1 is 1.00 bits per heavy atom. The highest BCUT2D eigenvalue weighted by atomic mass is 16.5. The summed E-state index contributed by atoms with van der Waals surface area (Å²) in [5.41, 5.74) is 0. The molecule has 0 amide bonds. The second-order valence-corrected chi connectivity index (χ2v) is 6.28. The van der Waals surface area contributed by atoms with Crippen LogP contribution in [0.25, 0.3) is 0 Å². The Kier molecular flexibility index (Phi) is 6.50. The molecule has 2 rings (SSSR count). The molecule has 2 unspecified atom stereocenters. The van der Waals surface area contributed by atoms with Crippen molar-refractivity contribution in [1.82, 2.24) is 5.32 Å². The molecule has 1 saturated carbocycles. The van der Waals surface area contributed by atoms with E-state index in [9.17, 15) is 0 Å². The van der Waals surface area contributed by atoms with Crippen molar-refractivity contribution >= 4 is 0 Å². The van der Waals surface area contributed by atoms with Crippen molar-refractivity contribution in [2.75, 3.05) is 13.7 Å². The second kappa shape index (κ2) is 8.16. The maximum absolute atomic E-state index is 5.71. The van der Waals surface area contributed by atoms with E-state index in [4.69, 9.17) is 4.74 Å². The first-order valence-corrected chi connectivity index (χ1v) is 8.17. The van der Waals surface area contributed by atoms with Crippen molar-refractivity contribution in [1.29, 1.82) is 0 Å². The smallest absolute Gasteiger partial charge is 0.0576 e. The minimum absolute atomic E-state index is 0.565. The van der Waals surface area contributed by atoms with E-state index >= 15 is 0 Å². The number of hydrogen-bond acceptors (Lipinski definition) is 2. The minimum atomic E-state index is 0.565. The lowest BCUT2D eigenvalue weighted by atomic mass is 9.84. The van der Waals surface area contributed by atoms with Gasteiger partial charge in [-0.15, -0.1) is 0 Å². The van der Waals surface area contributed by atoms with Crippen LogP contribution < -0.4 is 5.32 Å². The van der Waals surface area contributed by atoms with Gasteiger partial charge >= 0.3 is 0 Å². The molecule has 1 aliphatic carbocycles. The average Bonchev–Trinajstić information content (AvgIpc) is 2.93. The molecule has 1 heterocycles. The van der Waals surface area contributed by atoms with E-state index in [1.165, 1.54) is 70.6 Å². The van der Waals surface area contributed by atoms with Crippen molar-refractivity contribution in [3.63, 3.8) is 0 Å². The Morgan fingerprint density at radius 3 is 2.44 bits per heavy atom. The number of rotatable bonds is 7. The van der Waals surface area contributed by atoms with Crippen LogP contribution in [0.15, 0.2) is 0 Å². The zero-order chi connectivity index (χ0) is 12.6. The van der Waals surface area contributed by atoms with E-state index in [2.05, 4.69) is 12.4 Å². The molecule has 106 valence electrons. The zero-order valence-corrected chi connectivity index (χ0v) is 12.1. The van der Waals surface area contributed by atoms with E-state index in [0.717, 1.165) is 18.6 Å². The van der Waals surface area contributed by atoms with Crippen molar-refractivity contribution in [2.24, 2.45) is 5.92 Å². The SMILES string of the molecule is CNC(CCC1CCCCC1)CCC1CCCO1. The molecule has 0 aromatic rings. The molecule has 0 radical (unpaired) electrons. The summed E-state index contributed by atoms with van der Waals surface area (Å²) in [4.78, 5) is 0. The number of hydrogen-bond donors (Lipinski definition) is 1. The van der Waals surface area contributed by atoms with Crippen molar-refractivity contribution < 1.29 is 4.74 Å². The van der Waals surface area contributed by atoms with E-state index in [1.54, 1.807) is 0 Å². The summed E-state index contributed by atoms with van der Waals surface area (Å²) in [6.45, 7) is 0.997. The van der Waals surface area contributed by atoms with Crippen LogP contribution in [0.3, 0.4) is 0 Å². The summed E-state index contributed by atoms with van der Waals surface area (Å²) in [5, 5.41) is 3.51. The fourth-order valence-electron chi connectivity index (χ4n) is 3.60. The largest absolute Gasteiger partial charge is 0.378 e. The molecule has 0 aromatic heterocycles. The van der Waals surface area contributed by atoms with E-state index in [-0.39, 0.29) is 0 Å². The molecule has 1 aliphatic heterocycles. The predicted molar refractivity (Wildman–Crippen MR) is 76.9 cm³/mol. The van der Waals surface area contributed by atoms with Crippen molar-refractivity contribution in [3.8, 4) is 0 Å². The minimum Gasteiger partial charge on any atom is -0.378 e. The molecule has 2 fully saturated rings. The van der Waals surface area contributed by atoms with E-state index < -0.39 is 0 Å². The molecular formula is C16H31NO. The highest BCUT2D eigenvalue weighted by Gasteiger charge is 2.19. The fourth-order valence-corrected chi connectivity index (χ4v) is 3.60. The number of nitrogens with one attached hydrogen (secondary N) is 1. The lowest BCUT2D eigenvalue weighted by Gasteiger charge is -2.24. The van der Waals surface area contributed by atoms with Crippen molar-refractivity contribution in [2.45, 2.75) is 82.8 Å². The molecule has 1 N–H and O–H groups in total. The van der Waals surface area contributed by atoms with Crippen LogP contribution in [0.1, 0.15) is 70.6 Å². The quantitative estimate of drug-likeness (QED) is 0.743. The van der Waals surface area contributed by atoms with Gasteiger partial charge in [-0.1, -0.05) is 32.1 Å². The first-order chi connectivity index (χ1) is 8.88. The van der Waals surface area contributed by atoms with Crippen LogP contribution in [0.5, 0.6) is 0 Å². The van der Waals surface area contributed by atoms with Gasteiger partial charge in [0, 0.05) is 12.6 Å². The highest BCUT2D eigenvalue weighted by molar-refractivity contribution is 4.74. The molecular weight excluding hydrogens is 222 g/mol. The molecule has 18 heavy (non-hydrogen) atoms. The predicted octanol–water partition coefficient (Wildman–Crippen LogP) is 3.89. The van der Waals surface area contributed by atoms with Crippen LogP contribution >= 0.6 is 0 Å². The van der Waals surface area contributed by atoms with Crippen LogP contribution in [0.4, 0.5) is 0 Å². The van der Waals surface area contributed by atoms with Gasteiger partial charge < -0.3 is 10.1 Å². The molecule has 0 spiro atoms. The van der Waals surface area contributed by atoms with Crippen LogP contribution in [-0.4, -0.2) is 25.8 Å². The topological polar surface area (TPSA) is 21.3 Å². The van der Waals surface area contributed by atoms with Gasteiger partial charge in [0.05, 0.1) is 6.10 Å². The number of ether oxygens (including phenoxy) is 1. The van der Waals surface area contributed by atoms with Gasteiger partial charge in [-0.3, -0.25) is 0 Å². The maximum atomic E-state index is 5.71. The Labute approximate surface area is 113 Å². The van der Waals surface area contributed by atoms with Gasteiger partial charge in [-0.05, 0) is 51.5 Å². The first kappa shape index (κ1) is 14.3. The summed E-state index contributed by atoms with van der Waals surface area (Å²) < 4.78 is 5.71. The van der Waals surface area contributed by atoms with E-state index in [0.29, 0.717) is 6.10 Å². The van der Waals surface area contributed by atoms with Crippen molar-refractivity contribution in [3.05, 3.63) is 0 Å². The first-order valence-electron chi connectivity index (χ1n) is 8.17.